The van der Waals surface area contributed by atoms with E-state index in [1.54, 1.807) is 32.0 Å². The van der Waals surface area contributed by atoms with Gasteiger partial charge in [0.15, 0.2) is 11.5 Å². The smallest absolute Gasteiger partial charge is 0.352 e. The van der Waals surface area contributed by atoms with Crippen molar-refractivity contribution >= 4 is 28.5 Å². The van der Waals surface area contributed by atoms with Gasteiger partial charge in [0.2, 0.25) is 5.75 Å². The van der Waals surface area contributed by atoms with Gasteiger partial charge in [0.05, 0.1) is 21.3 Å². The number of hydrogen-bond donors (Lipinski definition) is 2. The standard InChI is InChI=1S/C28H28ClFN2O5/c1-35-24-12-17(13-25(36-2)27(24)37-3)10-11-31-15-21-20-6-4-5-7-23(20)32(26(21)28(33)34)16-18-8-9-19(30)14-22(18)29/h4-9,12-14,31H,10-11,15-16H2,1-3H3,(H,33,34). The Morgan fingerprint density at radius 1 is 1.03 bits per heavy atom. The van der Waals surface area contributed by atoms with Crippen LogP contribution >= 0.6 is 11.6 Å². The minimum absolute atomic E-state index is 0.168. The van der Waals surface area contributed by atoms with Crippen LogP contribution in [0.1, 0.15) is 27.2 Å². The second-order valence-electron chi connectivity index (χ2n) is 8.43. The Balaban J connectivity index is 1.59. The molecule has 0 aliphatic carbocycles. The first-order valence-electron chi connectivity index (χ1n) is 11.6. The van der Waals surface area contributed by atoms with Gasteiger partial charge in [-0.15, -0.1) is 0 Å². The summed E-state index contributed by atoms with van der Waals surface area (Å²) in [5.74, 6) is 0.194. The highest BCUT2D eigenvalue weighted by atomic mass is 35.5. The summed E-state index contributed by atoms with van der Waals surface area (Å²) < 4.78 is 31.5. The Hall–Kier alpha value is -3.75. The highest BCUT2D eigenvalue weighted by Crippen LogP contribution is 2.38. The molecule has 0 aliphatic heterocycles. The number of rotatable bonds is 11. The lowest BCUT2D eigenvalue weighted by Gasteiger charge is -2.14. The van der Waals surface area contributed by atoms with Gasteiger partial charge in [0.25, 0.3) is 0 Å². The van der Waals surface area contributed by atoms with Crippen molar-refractivity contribution in [2.45, 2.75) is 19.5 Å². The van der Waals surface area contributed by atoms with Crippen LogP contribution in [-0.4, -0.2) is 43.5 Å². The number of ether oxygens (including phenoxy) is 3. The van der Waals surface area contributed by atoms with Gasteiger partial charge < -0.3 is 29.2 Å². The highest BCUT2D eigenvalue weighted by Gasteiger charge is 2.23. The second kappa shape index (κ2) is 11.5. The fourth-order valence-electron chi connectivity index (χ4n) is 4.51. The molecule has 0 unspecified atom stereocenters. The third-order valence-corrected chi connectivity index (χ3v) is 6.59. The summed E-state index contributed by atoms with van der Waals surface area (Å²) in [6.45, 7) is 1.13. The van der Waals surface area contributed by atoms with E-state index in [0.29, 0.717) is 47.9 Å². The molecular formula is C28H28ClFN2O5. The molecule has 0 radical (unpaired) electrons. The average molecular weight is 527 g/mol. The minimum atomic E-state index is -1.05. The average Bonchev–Trinajstić information content (AvgIpc) is 3.20. The molecule has 4 aromatic rings. The number of aromatic carboxylic acids is 1. The van der Waals surface area contributed by atoms with E-state index >= 15 is 0 Å². The Morgan fingerprint density at radius 2 is 1.73 bits per heavy atom. The van der Waals surface area contributed by atoms with Crippen LogP contribution in [0.2, 0.25) is 5.02 Å². The van der Waals surface area contributed by atoms with Crippen LogP contribution in [0.25, 0.3) is 10.9 Å². The van der Waals surface area contributed by atoms with Gasteiger partial charge in [-0.3, -0.25) is 0 Å². The van der Waals surface area contributed by atoms with Crippen LogP contribution < -0.4 is 19.5 Å². The Morgan fingerprint density at radius 3 is 2.35 bits per heavy atom. The predicted octanol–water partition coefficient (Wildman–Crippen LogP) is 5.54. The van der Waals surface area contributed by atoms with Crippen LogP contribution in [-0.2, 0) is 19.5 Å². The quantitative estimate of drug-likeness (QED) is 0.250. The number of aromatic nitrogens is 1. The number of carboxylic acid groups (broad SMARTS) is 1. The number of benzene rings is 3. The van der Waals surface area contributed by atoms with Crippen molar-refractivity contribution in [1.82, 2.24) is 9.88 Å². The topological polar surface area (TPSA) is 82.0 Å². The lowest BCUT2D eigenvalue weighted by Crippen LogP contribution is -2.19. The summed E-state index contributed by atoms with van der Waals surface area (Å²) in [4.78, 5) is 12.4. The normalized spacial score (nSPS) is 11.1. The van der Waals surface area contributed by atoms with Gasteiger partial charge in [0.1, 0.15) is 11.5 Å². The molecule has 7 nitrogen and oxygen atoms in total. The van der Waals surface area contributed by atoms with Gasteiger partial charge in [0, 0.05) is 34.6 Å². The predicted molar refractivity (Wildman–Crippen MR) is 141 cm³/mol. The minimum Gasteiger partial charge on any atom is -0.493 e. The molecule has 9 heteroatoms. The first-order chi connectivity index (χ1) is 17.9. The highest BCUT2D eigenvalue weighted by molar-refractivity contribution is 6.31. The van der Waals surface area contributed by atoms with Crippen molar-refractivity contribution in [3.63, 3.8) is 0 Å². The van der Waals surface area contributed by atoms with Crippen LogP contribution in [0.5, 0.6) is 17.2 Å². The summed E-state index contributed by atoms with van der Waals surface area (Å²) in [6, 6.07) is 15.4. The molecule has 0 aliphatic rings. The van der Waals surface area contributed by atoms with Crippen molar-refractivity contribution in [2.75, 3.05) is 27.9 Å². The molecule has 0 amide bonds. The molecule has 4 rings (SSSR count). The number of fused-ring (bicyclic) bond motifs is 1. The number of nitrogens with zero attached hydrogens (tertiary/aromatic N) is 1. The van der Waals surface area contributed by atoms with Crippen molar-refractivity contribution in [2.24, 2.45) is 0 Å². The summed E-state index contributed by atoms with van der Waals surface area (Å²) in [5, 5.41) is 14.6. The largest absolute Gasteiger partial charge is 0.493 e. The van der Waals surface area contributed by atoms with Gasteiger partial charge in [-0.2, -0.15) is 0 Å². The second-order valence-corrected chi connectivity index (χ2v) is 8.84. The van der Waals surface area contributed by atoms with Crippen molar-refractivity contribution in [1.29, 1.82) is 0 Å². The van der Waals surface area contributed by atoms with Crippen molar-refractivity contribution in [3.8, 4) is 17.2 Å². The molecule has 0 spiro atoms. The SMILES string of the molecule is COc1cc(CCNCc2c(C(=O)O)n(Cc3ccc(F)cc3Cl)c3ccccc23)cc(OC)c1OC. The van der Waals surface area contributed by atoms with Gasteiger partial charge >= 0.3 is 5.97 Å². The zero-order chi connectivity index (χ0) is 26.5. The van der Waals surface area contributed by atoms with Crippen LogP contribution in [0.4, 0.5) is 4.39 Å². The van der Waals surface area contributed by atoms with E-state index in [-0.39, 0.29) is 17.3 Å². The zero-order valence-electron chi connectivity index (χ0n) is 20.8. The molecule has 3 aromatic carbocycles. The number of nitrogens with one attached hydrogen (secondary N) is 1. The van der Waals surface area contributed by atoms with Crippen molar-refractivity contribution < 1.29 is 28.5 Å². The molecule has 0 saturated heterocycles. The van der Waals surface area contributed by atoms with Gasteiger partial charge in [-0.1, -0.05) is 35.9 Å². The molecule has 1 aromatic heterocycles. The van der Waals surface area contributed by atoms with E-state index in [2.05, 4.69) is 5.32 Å². The zero-order valence-corrected chi connectivity index (χ0v) is 21.6. The fourth-order valence-corrected chi connectivity index (χ4v) is 4.74. The number of carboxylic acids is 1. The molecule has 0 fully saturated rings. The summed E-state index contributed by atoms with van der Waals surface area (Å²) >= 11 is 6.25. The molecule has 0 atom stereocenters. The van der Waals surface area contributed by atoms with E-state index in [4.69, 9.17) is 25.8 Å². The third-order valence-electron chi connectivity index (χ3n) is 6.24. The number of carbonyl (C=O) groups is 1. The maximum absolute atomic E-state index is 13.6. The summed E-state index contributed by atoms with van der Waals surface area (Å²) in [7, 11) is 4.70. The first-order valence-corrected chi connectivity index (χ1v) is 12.0. The summed E-state index contributed by atoms with van der Waals surface area (Å²) in [6.07, 6.45) is 0.656. The molecular weight excluding hydrogens is 499 g/mol. The maximum Gasteiger partial charge on any atom is 0.352 e. The van der Waals surface area contributed by atoms with Crippen LogP contribution in [0.15, 0.2) is 54.6 Å². The first kappa shape index (κ1) is 26.3. The number of hydrogen-bond acceptors (Lipinski definition) is 5. The molecule has 0 bridgehead atoms. The van der Waals surface area contributed by atoms with Gasteiger partial charge in [-0.25, -0.2) is 9.18 Å². The lowest BCUT2D eigenvalue weighted by molar-refractivity contribution is 0.0684. The Kier molecular flexibility index (Phi) is 8.21. The molecule has 1 heterocycles. The molecule has 2 N–H and O–H groups in total. The molecule has 0 saturated carbocycles. The molecule has 194 valence electrons. The van der Waals surface area contributed by atoms with E-state index in [1.807, 2.05) is 36.4 Å². The summed E-state index contributed by atoms with van der Waals surface area (Å²) in [5.41, 5.74) is 3.22. The van der Waals surface area contributed by atoms with Crippen LogP contribution in [0, 0.1) is 5.82 Å². The van der Waals surface area contributed by atoms with E-state index in [1.165, 1.54) is 12.1 Å². The van der Waals surface area contributed by atoms with E-state index in [0.717, 1.165) is 16.5 Å². The fraction of sp³-hybridized carbons (Fsp3) is 0.250. The number of methoxy groups -OCH3 is 3. The van der Waals surface area contributed by atoms with Gasteiger partial charge in [-0.05, 0) is 54.4 Å². The van der Waals surface area contributed by atoms with E-state index in [9.17, 15) is 14.3 Å². The number of para-hydroxylation sites is 1. The maximum atomic E-state index is 13.6. The molecule has 37 heavy (non-hydrogen) atoms. The number of halogens is 2. The monoisotopic (exact) mass is 526 g/mol. The van der Waals surface area contributed by atoms with Crippen molar-refractivity contribution in [3.05, 3.63) is 87.8 Å². The Bertz CT molecular complexity index is 1410. The third kappa shape index (κ3) is 5.50. The lowest BCUT2D eigenvalue weighted by atomic mass is 10.1. The Labute approximate surface area is 219 Å². The van der Waals surface area contributed by atoms with E-state index < -0.39 is 11.8 Å². The van der Waals surface area contributed by atoms with Crippen LogP contribution in [0.3, 0.4) is 0 Å².